The quantitative estimate of drug-likeness (QED) is 0.262. The van der Waals surface area contributed by atoms with Gasteiger partial charge in [0.15, 0.2) is 0 Å². The molecule has 0 radical (unpaired) electrons. The van der Waals surface area contributed by atoms with Crippen LogP contribution in [0.15, 0.2) is 77.7 Å². The van der Waals surface area contributed by atoms with Crippen molar-refractivity contribution in [1.29, 1.82) is 0 Å². The van der Waals surface area contributed by atoms with E-state index in [1.165, 1.54) is 17.0 Å². The summed E-state index contributed by atoms with van der Waals surface area (Å²) in [4.78, 5) is 29.6. The lowest BCUT2D eigenvalue weighted by atomic mass is 9.95. The number of ether oxygens (including phenoxy) is 1. The molecule has 3 aromatic carbocycles. The molecule has 1 atom stereocenters. The first kappa shape index (κ1) is 32.4. The average molecular weight is 626 g/mol. The number of nitrogens with zero attached hydrogens (tertiary/aromatic N) is 2. The predicted molar refractivity (Wildman–Crippen MR) is 170 cm³/mol. The summed E-state index contributed by atoms with van der Waals surface area (Å²) in [5, 5.41) is 3.62. The van der Waals surface area contributed by atoms with Crippen LogP contribution in [-0.2, 0) is 26.2 Å². The first-order chi connectivity index (χ1) is 20.6. The van der Waals surface area contributed by atoms with E-state index in [9.17, 15) is 18.0 Å². The molecule has 10 heteroatoms. The summed E-state index contributed by atoms with van der Waals surface area (Å²) < 4.78 is 34.6. The molecule has 3 aromatic rings. The van der Waals surface area contributed by atoms with Crippen LogP contribution in [0.5, 0.6) is 5.75 Å². The molecule has 1 N–H and O–H groups in total. The first-order valence-corrected chi connectivity index (χ1v) is 16.5. The van der Waals surface area contributed by atoms with Crippen molar-refractivity contribution < 1.29 is 22.7 Å². The molecule has 8 nitrogen and oxygen atoms in total. The van der Waals surface area contributed by atoms with Crippen molar-refractivity contribution >= 4 is 39.1 Å². The van der Waals surface area contributed by atoms with Gasteiger partial charge in [-0.15, -0.1) is 0 Å². The van der Waals surface area contributed by atoms with Crippen molar-refractivity contribution in [3.63, 3.8) is 0 Å². The number of anilines is 1. The summed E-state index contributed by atoms with van der Waals surface area (Å²) >= 11 is 6.20. The van der Waals surface area contributed by atoms with Gasteiger partial charge in [-0.05, 0) is 79.8 Å². The monoisotopic (exact) mass is 625 g/mol. The molecule has 0 bridgehead atoms. The van der Waals surface area contributed by atoms with Crippen LogP contribution < -0.4 is 14.4 Å². The Bertz CT molecular complexity index is 1510. The summed E-state index contributed by atoms with van der Waals surface area (Å²) in [5.74, 6) is -0.109. The summed E-state index contributed by atoms with van der Waals surface area (Å²) in [7, 11) is -2.59. The van der Waals surface area contributed by atoms with Gasteiger partial charge in [-0.2, -0.15) is 0 Å². The van der Waals surface area contributed by atoms with Crippen molar-refractivity contribution in [3.8, 4) is 5.75 Å². The second-order valence-electron chi connectivity index (χ2n) is 10.9. The Kier molecular flexibility index (Phi) is 11.1. The number of carbonyl (C=O) groups is 2. The molecule has 230 valence electrons. The molecule has 0 heterocycles. The van der Waals surface area contributed by atoms with E-state index in [2.05, 4.69) is 5.32 Å². The Labute approximate surface area is 260 Å². The Morgan fingerprint density at radius 3 is 2.37 bits per heavy atom. The molecule has 0 aliphatic heterocycles. The van der Waals surface area contributed by atoms with Crippen LogP contribution in [0, 0.1) is 6.92 Å². The zero-order valence-corrected chi connectivity index (χ0v) is 26.5. The second-order valence-corrected chi connectivity index (χ2v) is 13.2. The number of hydrogen-bond acceptors (Lipinski definition) is 5. The van der Waals surface area contributed by atoms with E-state index >= 15 is 0 Å². The molecule has 1 saturated carbocycles. The molecule has 1 aliphatic carbocycles. The van der Waals surface area contributed by atoms with Crippen molar-refractivity contribution in [3.05, 3.63) is 88.9 Å². The molecule has 0 unspecified atom stereocenters. The van der Waals surface area contributed by atoms with E-state index in [0.29, 0.717) is 28.4 Å². The summed E-state index contributed by atoms with van der Waals surface area (Å²) in [6, 6.07) is 19.4. The number of methoxy groups -OCH3 is 1. The van der Waals surface area contributed by atoms with Gasteiger partial charge in [0.25, 0.3) is 10.0 Å². The minimum atomic E-state index is -4.15. The van der Waals surface area contributed by atoms with Gasteiger partial charge in [-0.25, -0.2) is 8.42 Å². The van der Waals surface area contributed by atoms with Gasteiger partial charge < -0.3 is 15.0 Å². The van der Waals surface area contributed by atoms with E-state index in [0.717, 1.165) is 42.0 Å². The highest BCUT2D eigenvalue weighted by Gasteiger charge is 2.35. The summed E-state index contributed by atoms with van der Waals surface area (Å²) in [6.45, 7) is 3.21. The van der Waals surface area contributed by atoms with Crippen LogP contribution in [0.4, 0.5) is 5.69 Å². The van der Waals surface area contributed by atoms with Gasteiger partial charge in [0, 0.05) is 17.6 Å². The maximum absolute atomic E-state index is 14.3. The minimum absolute atomic E-state index is 0.0542. The lowest BCUT2D eigenvalue weighted by molar-refractivity contribution is -0.140. The van der Waals surface area contributed by atoms with Crippen LogP contribution in [0.1, 0.15) is 56.6 Å². The van der Waals surface area contributed by atoms with E-state index in [4.69, 9.17) is 16.3 Å². The number of benzene rings is 3. The fraction of sp³-hybridized carbons (Fsp3) is 0.394. The number of amides is 2. The van der Waals surface area contributed by atoms with Crippen molar-refractivity contribution in [2.24, 2.45) is 0 Å². The third-order valence-electron chi connectivity index (χ3n) is 7.86. The SMILES string of the molecule is CC[C@@H](C(=O)NC1CCCCC1)N(Cc1cccc(OC)c1)C(=O)CN(c1ccc(Cl)cc1C)S(=O)(=O)c1ccccc1. The topological polar surface area (TPSA) is 96.0 Å². The van der Waals surface area contributed by atoms with Gasteiger partial charge in [0.05, 0.1) is 17.7 Å². The highest BCUT2D eigenvalue weighted by Crippen LogP contribution is 2.30. The second kappa shape index (κ2) is 14.8. The highest BCUT2D eigenvalue weighted by molar-refractivity contribution is 7.92. The number of carbonyl (C=O) groups excluding carboxylic acids is 2. The maximum atomic E-state index is 14.3. The fourth-order valence-corrected chi connectivity index (χ4v) is 7.29. The van der Waals surface area contributed by atoms with Crippen molar-refractivity contribution in [2.75, 3.05) is 18.0 Å². The Morgan fingerprint density at radius 2 is 1.72 bits per heavy atom. The van der Waals surface area contributed by atoms with E-state index in [1.807, 2.05) is 25.1 Å². The van der Waals surface area contributed by atoms with E-state index in [1.54, 1.807) is 56.5 Å². The van der Waals surface area contributed by atoms with Crippen molar-refractivity contribution in [1.82, 2.24) is 10.2 Å². The minimum Gasteiger partial charge on any atom is -0.497 e. The maximum Gasteiger partial charge on any atom is 0.264 e. The fourth-order valence-electron chi connectivity index (χ4n) is 5.56. The molecule has 1 aliphatic rings. The van der Waals surface area contributed by atoms with Gasteiger partial charge in [-0.1, -0.05) is 68.1 Å². The Morgan fingerprint density at radius 1 is 1.00 bits per heavy atom. The predicted octanol–water partition coefficient (Wildman–Crippen LogP) is 6.11. The lowest BCUT2D eigenvalue weighted by Crippen LogP contribution is -2.54. The first-order valence-electron chi connectivity index (χ1n) is 14.7. The number of hydrogen-bond donors (Lipinski definition) is 1. The molecule has 43 heavy (non-hydrogen) atoms. The molecule has 0 aromatic heterocycles. The largest absolute Gasteiger partial charge is 0.497 e. The highest BCUT2D eigenvalue weighted by atomic mass is 35.5. The number of nitrogens with one attached hydrogen (secondary N) is 1. The lowest BCUT2D eigenvalue weighted by Gasteiger charge is -2.34. The standard InChI is InChI=1S/C33H40ClN3O5S/c1-4-30(33(39)35-27-13-7-5-8-14-27)36(22-25-12-11-15-28(21-25)42-3)32(38)23-37(31-19-18-26(34)20-24(31)2)43(40,41)29-16-9-6-10-17-29/h6,9-12,15-21,27,30H,4-5,7-8,13-14,22-23H2,1-3H3,(H,35,39)/t30-/m0/s1. The van der Waals surface area contributed by atoms with Gasteiger partial charge in [0.2, 0.25) is 11.8 Å². The van der Waals surface area contributed by atoms with E-state index < -0.39 is 28.5 Å². The van der Waals surface area contributed by atoms with Crippen LogP contribution in [0.2, 0.25) is 5.02 Å². The van der Waals surface area contributed by atoms with Crippen LogP contribution in [-0.4, -0.2) is 50.9 Å². The molecule has 4 rings (SSSR count). The normalized spacial score (nSPS) is 14.5. The van der Waals surface area contributed by atoms with Crippen LogP contribution >= 0.6 is 11.6 Å². The number of sulfonamides is 1. The number of halogens is 1. The zero-order valence-electron chi connectivity index (χ0n) is 25.0. The molecule has 0 saturated heterocycles. The molecule has 1 fully saturated rings. The van der Waals surface area contributed by atoms with Gasteiger partial charge >= 0.3 is 0 Å². The van der Waals surface area contributed by atoms with Crippen molar-refractivity contribution in [2.45, 2.75) is 75.9 Å². The molecule has 0 spiro atoms. The smallest absolute Gasteiger partial charge is 0.264 e. The van der Waals surface area contributed by atoms with Gasteiger partial charge in [-0.3, -0.25) is 13.9 Å². The average Bonchev–Trinajstić information content (AvgIpc) is 3.01. The summed E-state index contributed by atoms with van der Waals surface area (Å²) in [6.07, 6.45) is 5.44. The summed E-state index contributed by atoms with van der Waals surface area (Å²) in [5.41, 5.74) is 1.70. The Balaban J connectivity index is 1.73. The van der Waals surface area contributed by atoms with Crippen LogP contribution in [0.25, 0.3) is 0 Å². The van der Waals surface area contributed by atoms with E-state index in [-0.39, 0.29) is 23.4 Å². The molecular weight excluding hydrogens is 586 g/mol. The van der Waals surface area contributed by atoms with Gasteiger partial charge in [0.1, 0.15) is 18.3 Å². The molecular formula is C33H40ClN3O5S. The third-order valence-corrected chi connectivity index (χ3v) is 9.87. The zero-order chi connectivity index (χ0) is 31.0. The number of aryl methyl sites for hydroxylation is 1. The number of rotatable bonds is 12. The Hall–Kier alpha value is -3.56. The third kappa shape index (κ3) is 8.09. The molecule has 2 amide bonds. The van der Waals surface area contributed by atoms with Crippen LogP contribution in [0.3, 0.4) is 0 Å².